The molecular weight excluding hydrogens is 232 g/mol. The Morgan fingerprint density at radius 3 is 2.88 bits per heavy atom. The van der Waals surface area contributed by atoms with E-state index in [2.05, 4.69) is 19.2 Å². The SMILES string of the molecule is CCCCC(CC)Cc1scc2c1OCCO2. The summed E-state index contributed by atoms with van der Waals surface area (Å²) in [5.74, 6) is 2.78. The molecule has 2 heterocycles. The lowest BCUT2D eigenvalue weighted by Gasteiger charge is -2.18. The molecule has 2 rings (SSSR count). The van der Waals surface area contributed by atoms with E-state index in [-0.39, 0.29) is 0 Å². The number of hydrogen-bond donors (Lipinski definition) is 0. The molecule has 0 saturated heterocycles. The molecule has 0 spiro atoms. The van der Waals surface area contributed by atoms with Crippen LogP contribution in [0.3, 0.4) is 0 Å². The smallest absolute Gasteiger partial charge is 0.175 e. The van der Waals surface area contributed by atoms with Crippen LogP contribution >= 0.6 is 11.3 Å². The van der Waals surface area contributed by atoms with E-state index in [1.165, 1.54) is 30.6 Å². The first-order valence-electron chi connectivity index (χ1n) is 6.71. The predicted octanol–water partition coefficient (Wildman–Crippen LogP) is 4.28. The molecule has 1 aliphatic heterocycles. The summed E-state index contributed by atoms with van der Waals surface area (Å²) in [5, 5.41) is 2.09. The van der Waals surface area contributed by atoms with Crippen LogP contribution in [0.15, 0.2) is 5.38 Å². The second kappa shape index (κ2) is 6.29. The van der Waals surface area contributed by atoms with Gasteiger partial charge >= 0.3 is 0 Å². The van der Waals surface area contributed by atoms with E-state index < -0.39 is 0 Å². The Labute approximate surface area is 108 Å². The molecule has 1 unspecified atom stereocenters. The third-order valence-electron chi connectivity index (χ3n) is 3.39. The molecule has 0 amide bonds. The summed E-state index contributed by atoms with van der Waals surface area (Å²) >= 11 is 1.79. The molecule has 0 fully saturated rings. The molecule has 96 valence electrons. The van der Waals surface area contributed by atoms with Crippen molar-refractivity contribution in [1.82, 2.24) is 0 Å². The molecular formula is C14H22O2S. The summed E-state index contributed by atoms with van der Waals surface area (Å²) in [6.07, 6.45) is 6.37. The lowest BCUT2D eigenvalue weighted by Crippen LogP contribution is -2.15. The Morgan fingerprint density at radius 2 is 2.12 bits per heavy atom. The predicted molar refractivity (Wildman–Crippen MR) is 72.3 cm³/mol. The van der Waals surface area contributed by atoms with Crippen molar-refractivity contribution in [3.8, 4) is 11.5 Å². The van der Waals surface area contributed by atoms with Gasteiger partial charge in [-0.3, -0.25) is 0 Å². The third-order valence-corrected chi connectivity index (χ3v) is 4.36. The molecule has 0 aromatic carbocycles. The average Bonchev–Trinajstić information content (AvgIpc) is 2.78. The van der Waals surface area contributed by atoms with Gasteiger partial charge in [-0.2, -0.15) is 0 Å². The van der Waals surface area contributed by atoms with E-state index in [0.29, 0.717) is 13.2 Å². The van der Waals surface area contributed by atoms with E-state index >= 15 is 0 Å². The van der Waals surface area contributed by atoms with Gasteiger partial charge in [-0.15, -0.1) is 11.3 Å². The fraction of sp³-hybridized carbons (Fsp3) is 0.714. The number of hydrogen-bond acceptors (Lipinski definition) is 3. The van der Waals surface area contributed by atoms with Gasteiger partial charge in [-0.05, 0) is 12.3 Å². The van der Waals surface area contributed by atoms with Gasteiger partial charge in [-0.25, -0.2) is 0 Å². The minimum absolute atomic E-state index is 0.691. The Balaban J connectivity index is 1.99. The number of unbranched alkanes of at least 4 members (excludes halogenated alkanes) is 1. The maximum absolute atomic E-state index is 5.73. The molecule has 17 heavy (non-hydrogen) atoms. The number of thiophene rings is 1. The fourth-order valence-electron chi connectivity index (χ4n) is 2.26. The largest absolute Gasteiger partial charge is 0.485 e. The van der Waals surface area contributed by atoms with Crippen LogP contribution in [0.4, 0.5) is 0 Å². The fourth-order valence-corrected chi connectivity index (χ4v) is 3.28. The molecule has 1 aliphatic rings. The van der Waals surface area contributed by atoms with Gasteiger partial charge in [0, 0.05) is 5.38 Å². The van der Waals surface area contributed by atoms with Crippen molar-refractivity contribution < 1.29 is 9.47 Å². The number of fused-ring (bicyclic) bond motifs is 1. The third kappa shape index (κ3) is 3.15. The molecule has 1 atom stereocenters. The standard InChI is InChI=1S/C14H22O2S/c1-3-5-6-11(4-2)9-13-14-12(10-17-13)15-7-8-16-14/h10-11H,3-9H2,1-2H3. The van der Waals surface area contributed by atoms with Crippen molar-refractivity contribution in [2.24, 2.45) is 5.92 Å². The van der Waals surface area contributed by atoms with Crippen molar-refractivity contribution in [2.45, 2.75) is 46.0 Å². The number of rotatable bonds is 6. The molecule has 0 bridgehead atoms. The van der Waals surface area contributed by atoms with Gasteiger partial charge in [0.15, 0.2) is 11.5 Å². The van der Waals surface area contributed by atoms with Gasteiger partial charge in [-0.1, -0.05) is 39.5 Å². The Morgan fingerprint density at radius 1 is 1.29 bits per heavy atom. The van der Waals surface area contributed by atoms with Gasteiger partial charge in [0.05, 0.1) is 4.88 Å². The molecule has 1 aromatic rings. The maximum Gasteiger partial charge on any atom is 0.175 e. The Hall–Kier alpha value is -0.700. The van der Waals surface area contributed by atoms with E-state index in [1.54, 1.807) is 11.3 Å². The first kappa shape index (κ1) is 12.7. The van der Waals surface area contributed by atoms with Crippen LogP contribution in [0.25, 0.3) is 0 Å². The monoisotopic (exact) mass is 254 g/mol. The minimum Gasteiger partial charge on any atom is -0.485 e. The van der Waals surface area contributed by atoms with Crippen LogP contribution < -0.4 is 9.47 Å². The van der Waals surface area contributed by atoms with Crippen LogP contribution in [0, 0.1) is 5.92 Å². The van der Waals surface area contributed by atoms with Crippen LogP contribution in [0.5, 0.6) is 11.5 Å². The normalized spacial score (nSPS) is 15.9. The van der Waals surface area contributed by atoms with Crippen LogP contribution in [0.1, 0.15) is 44.4 Å². The maximum atomic E-state index is 5.73. The molecule has 1 aromatic heterocycles. The summed E-state index contributed by atoms with van der Waals surface area (Å²) in [5.41, 5.74) is 0. The van der Waals surface area contributed by atoms with Gasteiger partial charge in [0.25, 0.3) is 0 Å². The molecule has 0 aliphatic carbocycles. The second-order valence-corrected chi connectivity index (χ2v) is 5.63. The lowest BCUT2D eigenvalue weighted by molar-refractivity contribution is 0.171. The van der Waals surface area contributed by atoms with Gasteiger partial charge < -0.3 is 9.47 Å². The highest BCUT2D eigenvalue weighted by molar-refractivity contribution is 7.10. The highest BCUT2D eigenvalue weighted by atomic mass is 32.1. The van der Waals surface area contributed by atoms with Crippen molar-refractivity contribution in [3.05, 3.63) is 10.3 Å². The summed E-state index contributed by atoms with van der Waals surface area (Å²) in [6.45, 7) is 5.94. The van der Waals surface area contributed by atoms with Crippen molar-refractivity contribution in [2.75, 3.05) is 13.2 Å². The molecule has 0 radical (unpaired) electrons. The van der Waals surface area contributed by atoms with Crippen LogP contribution in [0.2, 0.25) is 0 Å². The van der Waals surface area contributed by atoms with E-state index in [0.717, 1.165) is 23.8 Å². The van der Waals surface area contributed by atoms with Gasteiger partial charge in [0.2, 0.25) is 0 Å². The molecule has 0 N–H and O–H groups in total. The second-order valence-electron chi connectivity index (χ2n) is 4.67. The van der Waals surface area contributed by atoms with E-state index in [9.17, 15) is 0 Å². The van der Waals surface area contributed by atoms with Crippen LogP contribution in [-0.2, 0) is 6.42 Å². The van der Waals surface area contributed by atoms with E-state index in [4.69, 9.17) is 9.47 Å². The van der Waals surface area contributed by atoms with Crippen molar-refractivity contribution >= 4 is 11.3 Å². The zero-order chi connectivity index (χ0) is 12.1. The first-order chi connectivity index (χ1) is 8.35. The highest BCUT2D eigenvalue weighted by Gasteiger charge is 2.20. The summed E-state index contributed by atoms with van der Waals surface area (Å²) in [4.78, 5) is 1.38. The quantitative estimate of drug-likeness (QED) is 0.754. The van der Waals surface area contributed by atoms with Crippen molar-refractivity contribution in [1.29, 1.82) is 0 Å². The highest BCUT2D eigenvalue weighted by Crippen LogP contribution is 2.41. The lowest BCUT2D eigenvalue weighted by atomic mass is 9.95. The molecule has 2 nitrogen and oxygen atoms in total. The summed E-state index contributed by atoms with van der Waals surface area (Å²) in [7, 11) is 0. The Bertz CT molecular complexity index is 346. The Kier molecular flexibility index (Phi) is 4.72. The van der Waals surface area contributed by atoms with Crippen LogP contribution in [-0.4, -0.2) is 13.2 Å². The van der Waals surface area contributed by atoms with E-state index in [1.807, 2.05) is 0 Å². The molecule has 0 saturated carbocycles. The summed E-state index contributed by atoms with van der Waals surface area (Å²) < 4.78 is 11.3. The van der Waals surface area contributed by atoms with Gasteiger partial charge in [0.1, 0.15) is 13.2 Å². The van der Waals surface area contributed by atoms with Crippen molar-refractivity contribution in [3.63, 3.8) is 0 Å². The zero-order valence-corrected chi connectivity index (χ0v) is 11.6. The number of ether oxygens (including phenoxy) is 2. The topological polar surface area (TPSA) is 18.5 Å². The average molecular weight is 254 g/mol. The summed E-state index contributed by atoms with van der Waals surface area (Å²) in [6, 6.07) is 0. The minimum atomic E-state index is 0.691. The zero-order valence-electron chi connectivity index (χ0n) is 10.8. The molecule has 3 heteroatoms. The first-order valence-corrected chi connectivity index (χ1v) is 7.59.